The Balaban J connectivity index is 1.61. The lowest BCUT2D eigenvalue weighted by Gasteiger charge is -2.36. The van der Waals surface area contributed by atoms with Gasteiger partial charge in [0.05, 0.1) is 4.90 Å². The summed E-state index contributed by atoms with van der Waals surface area (Å²) in [5.41, 5.74) is 6.45. The van der Waals surface area contributed by atoms with E-state index in [-0.39, 0.29) is 38.0 Å². The Morgan fingerprint density at radius 2 is 1.62 bits per heavy atom. The first-order valence-corrected chi connectivity index (χ1v) is 13.1. The average Bonchev–Trinajstić information content (AvgIpc) is 2.78. The van der Waals surface area contributed by atoms with Crippen LogP contribution in [0, 0.1) is 5.92 Å². The van der Waals surface area contributed by atoms with Crippen molar-refractivity contribution in [2.75, 3.05) is 26.2 Å². The van der Waals surface area contributed by atoms with E-state index in [4.69, 9.17) is 5.73 Å². The molecule has 0 radical (unpaired) electrons. The number of hydrogen-bond acceptors (Lipinski definition) is 4. The Hall–Kier alpha value is -2.13. The lowest BCUT2D eigenvalue weighted by molar-refractivity contribution is -0.134. The highest BCUT2D eigenvalue weighted by molar-refractivity contribution is 7.89. The molecule has 1 aliphatic heterocycles. The van der Waals surface area contributed by atoms with Gasteiger partial charge in [-0.3, -0.25) is 4.79 Å². The number of urea groups is 1. The molecule has 32 heavy (non-hydrogen) atoms. The van der Waals surface area contributed by atoms with Crippen LogP contribution in [0.15, 0.2) is 29.2 Å². The molecular formula is C23H36N4O4S. The number of amides is 3. The van der Waals surface area contributed by atoms with Gasteiger partial charge in [0.2, 0.25) is 15.9 Å². The molecule has 3 rings (SSSR count). The number of rotatable bonds is 7. The molecule has 2 aliphatic rings. The second-order valence-electron chi connectivity index (χ2n) is 9.32. The molecule has 3 amide bonds. The van der Waals surface area contributed by atoms with Gasteiger partial charge in [-0.25, -0.2) is 13.2 Å². The summed E-state index contributed by atoms with van der Waals surface area (Å²) in [5, 5.41) is 2.52. The van der Waals surface area contributed by atoms with Crippen LogP contribution in [0.1, 0.15) is 63.9 Å². The topological polar surface area (TPSA) is 113 Å². The summed E-state index contributed by atoms with van der Waals surface area (Å²) in [6.45, 7) is 4.95. The molecule has 8 nitrogen and oxygen atoms in total. The predicted octanol–water partition coefficient (Wildman–Crippen LogP) is 2.65. The molecule has 1 saturated heterocycles. The maximum atomic E-state index is 13.1. The van der Waals surface area contributed by atoms with E-state index in [0.717, 1.165) is 0 Å². The number of nitrogens with two attached hydrogens (primary N) is 1. The predicted molar refractivity (Wildman–Crippen MR) is 124 cm³/mol. The van der Waals surface area contributed by atoms with E-state index in [1.165, 1.54) is 42.0 Å². The third-order valence-electron chi connectivity index (χ3n) is 6.47. The van der Waals surface area contributed by atoms with E-state index < -0.39 is 22.1 Å². The fourth-order valence-electron chi connectivity index (χ4n) is 4.73. The van der Waals surface area contributed by atoms with E-state index in [1.54, 1.807) is 17.0 Å². The number of sulfonamides is 1. The van der Waals surface area contributed by atoms with E-state index in [9.17, 15) is 18.0 Å². The molecule has 9 heteroatoms. The van der Waals surface area contributed by atoms with Crippen molar-refractivity contribution in [1.82, 2.24) is 14.5 Å². The normalized spacial score (nSPS) is 19.7. The SMILES string of the molecule is CC(C)C[C@@H](NC(N)=O)C(=O)N1CCN(S(=O)(=O)c2ccc(C3CCCCC3)cc2)CC1. The van der Waals surface area contributed by atoms with Crippen LogP contribution < -0.4 is 11.1 Å². The first-order chi connectivity index (χ1) is 15.2. The van der Waals surface area contributed by atoms with Gasteiger partial charge in [0.25, 0.3) is 0 Å². The molecule has 0 unspecified atom stereocenters. The number of carbonyl (C=O) groups excluding carboxylic acids is 2. The number of primary amides is 1. The molecule has 1 aromatic carbocycles. The van der Waals surface area contributed by atoms with Crippen LogP contribution in [0.2, 0.25) is 0 Å². The van der Waals surface area contributed by atoms with Crippen LogP contribution in [0.25, 0.3) is 0 Å². The zero-order chi connectivity index (χ0) is 23.3. The first kappa shape index (κ1) is 24.5. The Morgan fingerprint density at radius 1 is 1.03 bits per heavy atom. The van der Waals surface area contributed by atoms with Crippen molar-refractivity contribution in [2.45, 2.75) is 69.2 Å². The molecule has 3 N–H and O–H groups in total. The minimum absolute atomic E-state index is 0.203. The Morgan fingerprint density at radius 3 is 2.16 bits per heavy atom. The van der Waals surface area contributed by atoms with E-state index in [1.807, 2.05) is 26.0 Å². The minimum atomic E-state index is -3.61. The Kier molecular flexibility index (Phi) is 8.16. The highest BCUT2D eigenvalue weighted by atomic mass is 32.2. The van der Waals surface area contributed by atoms with Gasteiger partial charge in [0.1, 0.15) is 6.04 Å². The van der Waals surface area contributed by atoms with Gasteiger partial charge in [-0.05, 0) is 48.8 Å². The van der Waals surface area contributed by atoms with Crippen molar-refractivity contribution < 1.29 is 18.0 Å². The number of carbonyl (C=O) groups is 2. The van der Waals surface area contributed by atoms with Crippen LogP contribution in [0.3, 0.4) is 0 Å². The zero-order valence-electron chi connectivity index (χ0n) is 19.1. The summed E-state index contributed by atoms with van der Waals surface area (Å²) in [6.07, 6.45) is 6.58. The molecule has 0 bridgehead atoms. The van der Waals surface area contributed by atoms with Crippen LogP contribution in [0.4, 0.5) is 4.79 Å². The fraction of sp³-hybridized carbons (Fsp3) is 0.652. The van der Waals surface area contributed by atoms with Gasteiger partial charge >= 0.3 is 6.03 Å². The summed E-state index contributed by atoms with van der Waals surface area (Å²) in [6, 6.07) is 5.91. The number of hydrogen-bond donors (Lipinski definition) is 2. The third-order valence-corrected chi connectivity index (χ3v) is 8.38. The lowest BCUT2D eigenvalue weighted by atomic mass is 9.84. The third kappa shape index (κ3) is 6.01. The second-order valence-corrected chi connectivity index (χ2v) is 11.3. The molecule has 2 fully saturated rings. The molecule has 0 aromatic heterocycles. The van der Waals surface area contributed by atoms with E-state index >= 15 is 0 Å². The van der Waals surface area contributed by atoms with Crippen molar-refractivity contribution in [3.05, 3.63) is 29.8 Å². The standard InChI is InChI=1S/C23H36N4O4S/c1-17(2)16-21(25-23(24)29)22(28)26-12-14-27(15-13-26)32(30,31)20-10-8-19(9-11-20)18-6-4-3-5-7-18/h8-11,17-18,21H,3-7,12-16H2,1-2H3,(H3,24,25,29)/t21-/m1/s1. The largest absolute Gasteiger partial charge is 0.352 e. The number of nitrogens with zero attached hydrogens (tertiary/aromatic N) is 2. The van der Waals surface area contributed by atoms with Crippen LogP contribution in [0.5, 0.6) is 0 Å². The maximum Gasteiger partial charge on any atom is 0.312 e. The Labute approximate surface area is 191 Å². The van der Waals surface area contributed by atoms with Crippen molar-refractivity contribution >= 4 is 22.0 Å². The molecule has 1 heterocycles. The maximum absolute atomic E-state index is 13.1. The summed E-state index contributed by atoms with van der Waals surface area (Å²) in [7, 11) is -3.61. The molecule has 0 spiro atoms. The molecular weight excluding hydrogens is 428 g/mol. The van der Waals surface area contributed by atoms with Gasteiger partial charge in [-0.1, -0.05) is 45.2 Å². The van der Waals surface area contributed by atoms with Gasteiger partial charge in [0, 0.05) is 26.2 Å². The highest BCUT2D eigenvalue weighted by Gasteiger charge is 2.33. The van der Waals surface area contributed by atoms with E-state index in [0.29, 0.717) is 17.2 Å². The van der Waals surface area contributed by atoms with Crippen molar-refractivity contribution in [3.63, 3.8) is 0 Å². The van der Waals surface area contributed by atoms with Crippen LogP contribution >= 0.6 is 0 Å². The van der Waals surface area contributed by atoms with Crippen molar-refractivity contribution in [3.8, 4) is 0 Å². The average molecular weight is 465 g/mol. The van der Waals surface area contributed by atoms with E-state index in [2.05, 4.69) is 5.32 Å². The number of benzene rings is 1. The fourth-order valence-corrected chi connectivity index (χ4v) is 6.15. The Bertz CT molecular complexity index is 887. The summed E-state index contributed by atoms with van der Waals surface area (Å²) >= 11 is 0. The molecule has 178 valence electrons. The number of piperazine rings is 1. The number of nitrogens with one attached hydrogen (secondary N) is 1. The molecule has 1 atom stereocenters. The first-order valence-electron chi connectivity index (χ1n) is 11.6. The smallest absolute Gasteiger partial charge is 0.312 e. The second kappa shape index (κ2) is 10.7. The van der Waals surface area contributed by atoms with Crippen LogP contribution in [-0.2, 0) is 14.8 Å². The van der Waals surface area contributed by atoms with Crippen molar-refractivity contribution in [1.29, 1.82) is 0 Å². The van der Waals surface area contributed by atoms with Gasteiger partial charge in [-0.15, -0.1) is 0 Å². The van der Waals surface area contributed by atoms with Crippen LogP contribution in [-0.4, -0.2) is 61.8 Å². The quantitative estimate of drug-likeness (QED) is 0.646. The summed E-state index contributed by atoms with van der Waals surface area (Å²) in [5.74, 6) is 0.517. The lowest BCUT2D eigenvalue weighted by Crippen LogP contribution is -2.56. The summed E-state index contributed by atoms with van der Waals surface area (Å²) < 4.78 is 27.7. The zero-order valence-corrected chi connectivity index (χ0v) is 19.9. The molecule has 1 saturated carbocycles. The van der Waals surface area contributed by atoms with Gasteiger partial charge < -0.3 is 16.0 Å². The van der Waals surface area contributed by atoms with Crippen molar-refractivity contribution in [2.24, 2.45) is 11.7 Å². The summed E-state index contributed by atoms with van der Waals surface area (Å²) in [4.78, 5) is 26.1. The molecule has 1 aliphatic carbocycles. The monoisotopic (exact) mass is 464 g/mol. The van der Waals surface area contributed by atoms with Gasteiger partial charge in [-0.2, -0.15) is 4.31 Å². The molecule has 1 aromatic rings. The van der Waals surface area contributed by atoms with Gasteiger partial charge in [0.15, 0.2) is 0 Å². The minimum Gasteiger partial charge on any atom is -0.352 e. The highest BCUT2D eigenvalue weighted by Crippen LogP contribution is 2.33.